The molecule has 0 saturated heterocycles. The third-order valence-electron chi connectivity index (χ3n) is 6.60. The van der Waals surface area contributed by atoms with Crippen molar-refractivity contribution in [1.82, 2.24) is 4.90 Å². The van der Waals surface area contributed by atoms with Gasteiger partial charge in [0.2, 0.25) is 0 Å². The number of aryl methyl sites for hydroxylation is 1. The monoisotopic (exact) mass is 438 g/mol. The summed E-state index contributed by atoms with van der Waals surface area (Å²) in [6.45, 7) is 7.83. The second kappa shape index (κ2) is 12.0. The quantitative estimate of drug-likeness (QED) is 0.515. The summed E-state index contributed by atoms with van der Waals surface area (Å²) >= 11 is 0. The van der Waals surface area contributed by atoms with E-state index in [1.165, 1.54) is 5.56 Å². The van der Waals surface area contributed by atoms with E-state index in [0.29, 0.717) is 11.1 Å². The number of methoxy groups -OCH3 is 1. The maximum atomic E-state index is 10.2. The van der Waals surface area contributed by atoms with Crippen molar-refractivity contribution in [3.05, 3.63) is 64.2 Å². The molecule has 1 unspecified atom stereocenters. The highest BCUT2D eigenvalue weighted by Gasteiger charge is 2.36. The van der Waals surface area contributed by atoms with Crippen molar-refractivity contribution in [2.24, 2.45) is 5.92 Å². The van der Waals surface area contributed by atoms with E-state index in [-0.39, 0.29) is 19.1 Å². The van der Waals surface area contributed by atoms with Gasteiger partial charge in [0, 0.05) is 6.54 Å². The predicted octanol–water partition coefficient (Wildman–Crippen LogP) is 4.36. The molecule has 0 heterocycles. The molecule has 0 aliphatic heterocycles. The number of hydrogen-bond donors (Lipinski definition) is 2. The molecule has 0 radical (unpaired) electrons. The van der Waals surface area contributed by atoms with E-state index >= 15 is 0 Å². The molecular formula is C27H38N2O3. The van der Waals surface area contributed by atoms with E-state index < -0.39 is 5.41 Å². The maximum Gasteiger partial charge on any atom is 0.121 e. The standard InChI is InChI=1S/C27H38N2O3/c1-20(2)27(19-28,25-9-8-23(17-30)24(16-25)18-31)12-6-13-29(4)14-11-22-7-10-26(32-5)21(3)15-22/h7-10,15-16,20,30-31H,6,11-14,17-18H2,1-5H3. The summed E-state index contributed by atoms with van der Waals surface area (Å²) in [7, 11) is 3.82. The number of aliphatic hydroxyl groups is 2. The van der Waals surface area contributed by atoms with Crippen molar-refractivity contribution >= 4 is 0 Å². The predicted molar refractivity (Wildman–Crippen MR) is 129 cm³/mol. The van der Waals surface area contributed by atoms with Gasteiger partial charge in [-0.1, -0.05) is 44.2 Å². The fourth-order valence-electron chi connectivity index (χ4n) is 4.38. The second-order valence-electron chi connectivity index (χ2n) is 9.00. The van der Waals surface area contributed by atoms with E-state index in [4.69, 9.17) is 4.74 Å². The minimum atomic E-state index is -0.619. The molecule has 5 heteroatoms. The summed E-state index contributed by atoms with van der Waals surface area (Å²) in [5.41, 5.74) is 4.15. The molecule has 5 nitrogen and oxygen atoms in total. The number of nitriles is 1. The van der Waals surface area contributed by atoms with Crippen molar-refractivity contribution in [2.75, 3.05) is 27.2 Å². The van der Waals surface area contributed by atoms with Gasteiger partial charge in [-0.3, -0.25) is 0 Å². The fourth-order valence-corrected chi connectivity index (χ4v) is 4.38. The van der Waals surface area contributed by atoms with Crippen LogP contribution in [0.2, 0.25) is 0 Å². The van der Waals surface area contributed by atoms with Crippen LogP contribution in [0, 0.1) is 24.2 Å². The molecule has 1 atom stereocenters. The largest absolute Gasteiger partial charge is 0.496 e. The molecule has 0 fully saturated rings. The summed E-state index contributed by atoms with van der Waals surface area (Å²) in [5.74, 6) is 1.05. The van der Waals surface area contributed by atoms with Crippen LogP contribution in [-0.4, -0.2) is 42.4 Å². The van der Waals surface area contributed by atoms with Gasteiger partial charge in [-0.15, -0.1) is 0 Å². The second-order valence-corrected chi connectivity index (χ2v) is 9.00. The molecule has 0 spiro atoms. The molecule has 0 saturated carbocycles. The van der Waals surface area contributed by atoms with Gasteiger partial charge >= 0.3 is 0 Å². The average molecular weight is 439 g/mol. The maximum absolute atomic E-state index is 10.2. The van der Waals surface area contributed by atoms with Gasteiger partial charge in [-0.05, 0) is 79.6 Å². The van der Waals surface area contributed by atoms with E-state index in [9.17, 15) is 15.5 Å². The van der Waals surface area contributed by atoms with Crippen LogP contribution in [-0.2, 0) is 25.0 Å². The van der Waals surface area contributed by atoms with Crippen molar-refractivity contribution in [3.63, 3.8) is 0 Å². The molecule has 32 heavy (non-hydrogen) atoms. The Bertz CT molecular complexity index is 920. The van der Waals surface area contributed by atoms with Crippen LogP contribution in [0.25, 0.3) is 0 Å². The lowest BCUT2D eigenvalue weighted by molar-refractivity contribution is 0.259. The molecule has 174 valence electrons. The zero-order chi connectivity index (χ0) is 23.7. The topological polar surface area (TPSA) is 76.7 Å². The Labute approximate surface area is 193 Å². The number of likely N-dealkylation sites (N-methyl/N-ethyl adjacent to an activating group) is 1. The van der Waals surface area contributed by atoms with Crippen LogP contribution in [0.1, 0.15) is 54.5 Å². The Kier molecular flexibility index (Phi) is 9.71. The molecule has 0 aliphatic rings. The molecule has 0 amide bonds. The number of nitrogens with zero attached hydrogens (tertiary/aromatic N) is 2. The first kappa shape index (κ1) is 25.9. The number of ether oxygens (including phenoxy) is 1. The Morgan fingerprint density at radius 3 is 2.34 bits per heavy atom. The van der Waals surface area contributed by atoms with E-state index in [2.05, 4.69) is 50.9 Å². The molecule has 2 aromatic carbocycles. The van der Waals surface area contributed by atoms with Crippen molar-refractivity contribution < 1.29 is 14.9 Å². The highest BCUT2D eigenvalue weighted by atomic mass is 16.5. The van der Waals surface area contributed by atoms with Crippen LogP contribution < -0.4 is 4.74 Å². The normalized spacial score (nSPS) is 13.2. The molecule has 0 bridgehead atoms. The van der Waals surface area contributed by atoms with Gasteiger partial charge in [0.1, 0.15) is 5.75 Å². The summed E-state index contributed by atoms with van der Waals surface area (Å²) in [5, 5.41) is 29.4. The highest BCUT2D eigenvalue weighted by molar-refractivity contribution is 5.40. The van der Waals surface area contributed by atoms with E-state index in [1.54, 1.807) is 7.11 Å². The van der Waals surface area contributed by atoms with Crippen LogP contribution >= 0.6 is 0 Å². The summed E-state index contributed by atoms with van der Waals surface area (Å²) in [6, 6.07) is 14.6. The highest BCUT2D eigenvalue weighted by Crippen LogP contribution is 2.37. The number of benzene rings is 2. The van der Waals surface area contributed by atoms with E-state index in [1.807, 2.05) is 24.3 Å². The Morgan fingerprint density at radius 1 is 1.06 bits per heavy atom. The molecule has 2 N–H and O–H groups in total. The first-order valence-electron chi connectivity index (χ1n) is 11.4. The minimum Gasteiger partial charge on any atom is -0.496 e. The van der Waals surface area contributed by atoms with Gasteiger partial charge in [0.15, 0.2) is 0 Å². The first-order chi connectivity index (χ1) is 15.3. The van der Waals surface area contributed by atoms with Crippen LogP contribution in [0.5, 0.6) is 5.75 Å². The molecule has 2 rings (SSSR count). The molecular weight excluding hydrogens is 400 g/mol. The van der Waals surface area contributed by atoms with Gasteiger partial charge in [0.25, 0.3) is 0 Å². The van der Waals surface area contributed by atoms with Crippen LogP contribution in [0.15, 0.2) is 36.4 Å². The van der Waals surface area contributed by atoms with Gasteiger partial charge in [-0.2, -0.15) is 5.26 Å². The summed E-state index contributed by atoms with van der Waals surface area (Å²) in [4.78, 5) is 2.32. The average Bonchev–Trinajstić information content (AvgIpc) is 2.80. The first-order valence-corrected chi connectivity index (χ1v) is 11.4. The van der Waals surface area contributed by atoms with Crippen molar-refractivity contribution in [3.8, 4) is 11.8 Å². The van der Waals surface area contributed by atoms with Crippen LogP contribution in [0.4, 0.5) is 0 Å². The van der Waals surface area contributed by atoms with Gasteiger partial charge < -0.3 is 19.8 Å². The lowest BCUT2D eigenvalue weighted by Crippen LogP contribution is -2.33. The third-order valence-corrected chi connectivity index (χ3v) is 6.60. The fraction of sp³-hybridized carbons (Fsp3) is 0.519. The zero-order valence-electron chi connectivity index (χ0n) is 20.2. The Hall–Kier alpha value is -2.39. The lowest BCUT2D eigenvalue weighted by Gasteiger charge is -2.32. The lowest BCUT2D eigenvalue weighted by atomic mass is 9.69. The van der Waals surface area contributed by atoms with Crippen molar-refractivity contribution in [1.29, 1.82) is 5.26 Å². The zero-order valence-corrected chi connectivity index (χ0v) is 20.2. The Balaban J connectivity index is 2.02. The summed E-state index contributed by atoms with van der Waals surface area (Å²) in [6.07, 6.45) is 2.62. The number of aliphatic hydroxyl groups excluding tert-OH is 2. The number of hydrogen-bond acceptors (Lipinski definition) is 5. The van der Waals surface area contributed by atoms with E-state index in [0.717, 1.165) is 49.2 Å². The molecule has 0 aliphatic carbocycles. The molecule has 0 aromatic heterocycles. The van der Waals surface area contributed by atoms with Gasteiger partial charge in [0.05, 0.1) is 31.8 Å². The van der Waals surface area contributed by atoms with Gasteiger partial charge in [-0.25, -0.2) is 0 Å². The third kappa shape index (κ3) is 6.10. The SMILES string of the molecule is COc1ccc(CCN(C)CCCC(C#N)(c2ccc(CO)c(CO)c2)C(C)C)cc1C. The molecule has 2 aromatic rings. The summed E-state index contributed by atoms with van der Waals surface area (Å²) < 4.78 is 5.34. The van der Waals surface area contributed by atoms with Crippen LogP contribution in [0.3, 0.4) is 0 Å². The minimum absolute atomic E-state index is 0.115. The Morgan fingerprint density at radius 2 is 1.78 bits per heavy atom. The number of rotatable bonds is 12. The smallest absolute Gasteiger partial charge is 0.121 e. The van der Waals surface area contributed by atoms with Crippen molar-refractivity contribution in [2.45, 2.75) is 58.7 Å².